The molecule has 0 saturated carbocycles. The molecule has 1 aliphatic rings. The van der Waals surface area contributed by atoms with Crippen LogP contribution in [-0.4, -0.2) is 21.7 Å². The number of anilines is 1. The summed E-state index contributed by atoms with van der Waals surface area (Å²) in [7, 11) is 0. The van der Waals surface area contributed by atoms with Crippen LogP contribution in [0.2, 0.25) is 0 Å². The zero-order valence-electron chi connectivity index (χ0n) is 13.1. The number of nitro benzene ring substituents is 1. The lowest BCUT2D eigenvalue weighted by molar-refractivity contribution is -0.385. The van der Waals surface area contributed by atoms with Gasteiger partial charge in [-0.3, -0.25) is 19.7 Å². The third-order valence-corrected chi connectivity index (χ3v) is 4.69. The molecule has 0 spiro atoms. The number of rotatable bonds is 4. The van der Waals surface area contributed by atoms with Crippen LogP contribution in [0.1, 0.15) is 27.9 Å². The molecule has 0 bridgehead atoms. The molecule has 7 nitrogen and oxygen atoms in total. The first-order valence-electron chi connectivity index (χ1n) is 7.34. The highest BCUT2D eigenvalue weighted by atomic mass is 79.9. The van der Waals surface area contributed by atoms with Crippen molar-refractivity contribution >= 4 is 39.0 Å². The highest BCUT2D eigenvalue weighted by Gasteiger charge is 2.47. The lowest BCUT2D eigenvalue weighted by Crippen LogP contribution is -2.36. The molecule has 1 aliphatic heterocycles. The van der Waals surface area contributed by atoms with Crippen molar-refractivity contribution in [3.05, 3.63) is 67.7 Å². The Labute approximate surface area is 150 Å². The minimum absolute atomic E-state index is 0.0713. The Morgan fingerprint density at radius 1 is 1.32 bits per heavy atom. The molecular formula is C17H13BrN2O5. The summed E-state index contributed by atoms with van der Waals surface area (Å²) in [5, 5.41) is 24.4. The van der Waals surface area contributed by atoms with Gasteiger partial charge in [0.15, 0.2) is 11.4 Å². The van der Waals surface area contributed by atoms with E-state index in [9.17, 15) is 24.8 Å². The fraction of sp³-hybridized carbons (Fsp3) is 0.176. The number of ketones is 1. The van der Waals surface area contributed by atoms with Crippen LogP contribution in [0.15, 0.2) is 40.9 Å². The van der Waals surface area contributed by atoms with Gasteiger partial charge in [-0.25, -0.2) is 0 Å². The van der Waals surface area contributed by atoms with Crippen LogP contribution >= 0.6 is 15.9 Å². The van der Waals surface area contributed by atoms with E-state index in [0.29, 0.717) is 21.3 Å². The number of hydrogen-bond donors (Lipinski definition) is 2. The minimum Gasteiger partial charge on any atom is -0.375 e. The molecule has 2 aromatic carbocycles. The summed E-state index contributed by atoms with van der Waals surface area (Å²) >= 11 is 3.27. The fourth-order valence-electron chi connectivity index (χ4n) is 2.81. The Balaban J connectivity index is 1.96. The van der Waals surface area contributed by atoms with Crippen molar-refractivity contribution in [2.24, 2.45) is 0 Å². The molecule has 3 rings (SSSR count). The number of Topliss-reactive ketones (excluding diaryl/α,β-unsaturated/α-hetero) is 1. The fourth-order valence-corrected chi connectivity index (χ4v) is 3.17. The Bertz CT molecular complexity index is 927. The number of nitrogens with zero attached hydrogens (tertiary/aromatic N) is 1. The zero-order valence-corrected chi connectivity index (χ0v) is 14.7. The number of benzene rings is 2. The second kappa shape index (κ2) is 6.05. The van der Waals surface area contributed by atoms with E-state index < -0.39 is 28.6 Å². The van der Waals surface area contributed by atoms with Crippen LogP contribution in [0.3, 0.4) is 0 Å². The van der Waals surface area contributed by atoms with E-state index >= 15 is 0 Å². The maximum absolute atomic E-state index is 12.6. The topological polar surface area (TPSA) is 110 Å². The number of aryl methyl sites for hydroxylation is 1. The molecule has 8 heteroatoms. The molecule has 0 aromatic heterocycles. The lowest BCUT2D eigenvalue weighted by atomic mass is 9.88. The first kappa shape index (κ1) is 17.2. The third-order valence-electron chi connectivity index (χ3n) is 4.20. The molecule has 0 saturated heterocycles. The molecule has 1 heterocycles. The van der Waals surface area contributed by atoms with Crippen LogP contribution in [0, 0.1) is 17.0 Å². The molecule has 2 N–H and O–H groups in total. The van der Waals surface area contributed by atoms with E-state index in [1.807, 2.05) is 0 Å². The van der Waals surface area contributed by atoms with Gasteiger partial charge in [0.05, 0.1) is 11.3 Å². The van der Waals surface area contributed by atoms with Crippen molar-refractivity contribution in [3.8, 4) is 0 Å². The minimum atomic E-state index is -2.02. The summed E-state index contributed by atoms with van der Waals surface area (Å²) in [6.45, 7) is 1.57. The average molecular weight is 405 g/mol. The van der Waals surface area contributed by atoms with Crippen LogP contribution < -0.4 is 5.32 Å². The van der Waals surface area contributed by atoms with Gasteiger partial charge in [0.1, 0.15) is 0 Å². The molecule has 0 radical (unpaired) electrons. The summed E-state index contributed by atoms with van der Waals surface area (Å²) < 4.78 is 0.652. The monoisotopic (exact) mass is 404 g/mol. The van der Waals surface area contributed by atoms with Crippen molar-refractivity contribution < 1.29 is 19.6 Å². The zero-order chi connectivity index (χ0) is 18.4. The first-order chi connectivity index (χ1) is 11.7. The second-order valence-electron chi connectivity index (χ2n) is 5.86. The molecule has 0 unspecified atom stereocenters. The van der Waals surface area contributed by atoms with Crippen molar-refractivity contribution in [1.29, 1.82) is 0 Å². The Morgan fingerprint density at radius 3 is 2.72 bits per heavy atom. The summed E-state index contributed by atoms with van der Waals surface area (Å²) in [6, 6.07) is 8.97. The van der Waals surface area contributed by atoms with Crippen molar-refractivity contribution in [3.63, 3.8) is 0 Å². The van der Waals surface area contributed by atoms with Crippen LogP contribution in [-0.2, 0) is 10.4 Å². The van der Waals surface area contributed by atoms with E-state index in [2.05, 4.69) is 21.2 Å². The maximum Gasteiger partial charge on any atom is 0.273 e. The lowest BCUT2D eigenvalue weighted by Gasteiger charge is -2.20. The molecule has 128 valence electrons. The van der Waals surface area contributed by atoms with Gasteiger partial charge in [0.2, 0.25) is 0 Å². The predicted molar refractivity (Wildman–Crippen MR) is 93.4 cm³/mol. The van der Waals surface area contributed by atoms with E-state index in [-0.39, 0.29) is 11.3 Å². The number of hydrogen-bond acceptors (Lipinski definition) is 5. The van der Waals surface area contributed by atoms with E-state index in [4.69, 9.17) is 0 Å². The highest BCUT2D eigenvalue weighted by Crippen LogP contribution is 2.40. The smallest absolute Gasteiger partial charge is 0.273 e. The molecule has 25 heavy (non-hydrogen) atoms. The number of halogens is 1. The normalized spacial score (nSPS) is 18.6. The summed E-state index contributed by atoms with van der Waals surface area (Å²) in [4.78, 5) is 35.2. The van der Waals surface area contributed by atoms with Crippen molar-refractivity contribution in [1.82, 2.24) is 0 Å². The standard InChI is InChI=1S/C17H13BrN2O5/c1-9-2-3-10(6-14(9)20(24)25)15(21)8-17(23)12-7-11(18)4-5-13(12)19-16(17)22/h2-7,23H,8H2,1H3,(H,19,22)/t17-/m1/s1. The van der Waals surface area contributed by atoms with Crippen LogP contribution in [0.4, 0.5) is 11.4 Å². The molecule has 1 atom stereocenters. The summed E-state index contributed by atoms with van der Waals surface area (Å²) in [6.07, 6.45) is -0.511. The Morgan fingerprint density at radius 2 is 2.04 bits per heavy atom. The van der Waals surface area contributed by atoms with Crippen molar-refractivity contribution in [2.45, 2.75) is 18.9 Å². The van der Waals surface area contributed by atoms with Crippen LogP contribution in [0.25, 0.3) is 0 Å². The SMILES string of the molecule is Cc1ccc(C(=O)C[C@]2(O)C(=O)Nc3ccc(Br)cc32)cc1[N+](=O)[O-]. The van der Waals surface area contributed by atoms with E-state index in [1.54, 1.807) is 25.1 Å². The number of carbonyl (C=O) groups excluding carboxylic acids is 2. The van der Waals surface area contributed by atoms with Gasteiger partial charge in [-0.1, -0.05) is 28.1 Å². The Kier molecular flexibility index (Phi) is 4.18. The second-order valence-corrected chi connectivity index (χ2v) is 6.78. The van der Waals surface area contributed by atoms with E-state index in [0.717, 1.165) is 6.07 Å². The van der Waals surface area contributed by atoms with Crippen molar-refractivity contribution in [2.75, 3.05) is 5.32 Å². The number of nitrogens with one attached hydrogen (secondary N) is 1. The van der Waals surface area contributed by atoms with Crippen LogP contribution in [0.5, 0.6) is 0 Å². The van der Waals surface area contributed by atoms with Gasteiger partial charge in [0.25, 0.3) is 11.6 Å². The molecular weight excluding hydrogens is 392 g/mol. The number of carbonyl (C=O) groups is 2. The molecule has 0 fully saturated rings. The summed E-state index contributed by atoms with van der Waals surface area (Å²) in [5.41, 5.74) is -0.984. The van der Waals surface area contributed by atoms with Gasteiger partial charge in [-0.05, 0) is 25.1 Å². The van der Waals surface area contributed by atoms with Gasteiger partial charge in [-0.2, -0.15) is 0 Å². The predicted octanol–water partition coefficient (Wildman–Crippen LogP) is 3.08. The van der Waals surface area contributed by atoms with Gasteiger partial charge in [-0.15, -0.1) is 0 Å². The quantitative estimate of drug-likeness (QED) is 0.462. The summed E-state index contributed by atoms with van der Waals surface area (Å²) in [5.74, 6) is -1.26. The number of aliphatic hydroxyl groups is 1. The number of amides is 1. The Hall–Kier alpha value is -2.58. The molecule has 2 aromatic rings. The van der Waals surface area contributed by atoms with Gasteiger partial charge < -0.3 is 10.4 Å². The van der Waals surface area contributed by atoms with Gasteiger partial charge in [0, 0.05) is 32.9 Å². The molecule has 1 amide bonds. The van der Waals surface area contributed by atoms with Gasteiger partial charge >= 0.3 is 0 Å². The largest absolute Gasteiger partial charge is 0.375 e. The number of fused-ring (bicyclic) bond motifs is 1. The third kappa shape index (κ3) is 2.94. The highest BCUT2D eigenvalue weighted by molar-refractivity contribution is 9.10. The van der Waals surface area contributed by atoms with E-state index in [1.165, 1.54) is 12.1 Å². The maximum atomic E-state index is 12.6. The number of nitro groups is 1. The molecule has 0 aliphatic carbocycles. The average Bonchev–Trinajstić information content (AvgIpc) is 2.78. The first-order valence-corrected chi connectivity index (χ1v) is 8.14.